The number of nitrogens with zero attached hydrogens (tertiary/aromatic N) is 4. The van der Waals surface area contributed by atoms with Crippen molar-refractivity contribution in [1.82, 2.24) is 19.7 Å². The largest absolute Gasteiger partial charge is 0.322 e. The normalized spacial score (nSPS) is 16.5. The topological polar surface area (TPSA) is 63.1 Å². The molecule has 2 heterocycles. The lowest BCUT2D eigenvalue weighted by Crippen LogP contribution is -2.35. The van der Waals surface area contributed by atoms with Crippen LogP contribution in [0.25, 0.3) is 5.69 Å². The summed E-state index contributed by atoms with van der Waals surface area (Å²) in [7, 11) is 0. The van der Waals surface area contributed by atoms with Crippen molar-refractivity contribution in [1.29, 1.82) is 0 Å². The maximum absolute atomic E-state index is 14.1. The summed E-state index contributed by atoms with van der Waals surface area (Å²) < 4.78 is 16.0. The molecule has 1 saturated heterocycles. The maximum Gasteiger partial charge on any atom is 0.322 e. The number of rotatable bonds is 3. The third kappa shape index (κ3) is 3.38. The summed E-state index contributed by atoms with van der Waals surface area (Å²) in [5.41, 5.74) is 0.980. The van der Waals surface area contributed by atoms with Gasteiger partial charge in [0, 0.05) is 12.2 Å². The monoisotopic (exact) mass is 385 g/mol. The molecule has 2 amide bonds. The van der Waals surface area contributed by atoms with Crippen LogP contribution in [0.3, 0.4) is 0 Å². The molecule has 1 aliphatic rings. The van der Waals surface area contributed by atoms with Gasteiger partial charge in [0.1, 0.15) is 6.33 Å². The van der Waals surface area contributed by atoms with Crippen LogP contribution in [0.5, 0.6) is 0 Å². The Hall–Kier alpha value is -2.93. The lowest BCUT2D eigenvalue weighted by Gasteiger charge is -2.25. The number of aromatic nitrogens is 3. The van der Waals surface area contributed by atoms with Crippen molar-refractivity contribution in [2.24, 2.45) is 0 Å². The number of urea groups is 1. The van der Waals surface area contributed by atoms with Gasteiger partial charge >= 0.3 is 6.03 Å². The molecule has 1 N–H and O–H groups in total. The first-order valence-electron chi connectivity index (χ1n) is 8.62. The van der Waals surface area contributed by atoms with Gasteiger partial charge in [-0.05, 0) is 37.1 Å². The minimum absolute atomic E-state index is 0.0328. The van der Waals surface area contributed by atoms with Crippen LogP contribution < -0.4 is 5.32 Å². The molecule has 27 heavy (non-hydrogen) atoms. The summed E-state index contributed by atoms with van der Waals surface area (Å²) >= 11 is 5.79. The zero-order valence-electron chi connectivity index (χ0n) is 14.3. The van der Waals surface area contributed by atoms with Crippen molar-refractivity contribution >= 4 is 23.3 Å². The summed E-state index contributed by atoms with van der Waals surface area (Å²) in [6, 6.07) is 13.6. The third-order valence-corrected chi connectivity index (χ3v) is 4.91. The molecule has 0 spiro atoms. The molecule has 3 aromatic rings. The van der Waals surface area contributed by atoms with Gasteiger partial charge in [-0.25, -0.2) is 9.18 Å². The number of carbonyl (C=O) groups is 1. The lowest BCUT2D eigenvalue weighted by molar-refractivity contribution is 0.204. The minimum atomic E-state index is -0.643. The molecule has 0 aliphatic carbocycles. The first-order valence-corrected chi connectivity index (χ1v) is 9.00. The van der Waals surface area contributed by atoms with E-state index in [-0.39, 0.29) is 22.8 Å². The van der Waals surface area contributed by atoms with Gasteiger partial charge in [0.2, 0.25) is 0 Å². The molecular weight excluding hydrogens is 369 g/mol. The van der Waals surface area contributed by atoms with E-state index in [9.17, 15) is 9.18 Å². The molecule has 0 saturated carbocycles. The third-order valence-electron chi connectivity index (χ3n) is 4.61. The Kier molecular flexibility index (Phi) is 4.77. The van der Waals surface area contributed by atoms with Crippen LogP contribution in [0.4, 0.5) is 14.9 Å². The summed E-state index contributed by atoms with van der Waals surface area (Å²) in [5.74, 6) is 0.0381. The molecule has 1 atom stereocenters. The second-order valence-corrected chi connectivity index (χ2v) is 6.68. The first-order chi connectivity index (χ1) is 13.1. The molecule has 8 heteroatoms. The van der Waals surface area contributed by atoms with E-state index in [0.717, 1.165) is 18.5 Å². The van der Waals surface area contributed by atoms with E-state index in [1.54, 1.807) is 17.3 Å². The second-order valence-electron chi connectivity index (χ2n) is 6.28. The Labute approximate surface area is 160 Å². The molecule has 1 fully saturated rings. The number of hydrogen-bond donors (Lipinski definition) is 1. The Balaban J connectivity index is 1.59. The van der Waals surface area contributed by atoms with E-state index in [4.69, 9.17) is 11.6 Å². The van der Waals surface area contributed by atoms with E-state index >= 15 is 0 Å². The van der Waals surface area contributed by atoms with Crippen LogP contribution in [0.15, 0.2) is 54.9 Å². The summed E-state index contributed by atoms with van der Waals surface area (Å²) in [6.45, 7) is 0.556. The van der Waals surface area contributed by atoms with Crippen molar-refractivity contribution in [2.75, 3.05) is 11.9 Å². The highest BCUT2D eigenvalue weighted by molar-refractivity contribution is 6.31. The Morgan fingerprint density at radius 2 is 2.00 bits per heavy atom. The zero-order chi connectivity index (χ0) is 18.8. The van der Waals surface area contributed by atoms with Gasteiger partial charge in [0.15, 0.2) is 11.6 Å². The van der Waals surface area contributed by atoms with Crippen LogP contribution in [0.2, 0.25) is 5.02 Å². The number of anilines is 1. The van der Waals surface area contributed by atoms with Crippen LogP contribution in [-0.4, -0.2) is 32.2 Å². The fraction of sp³-hybridized carbons (Fsp3) is 0.211. The number of benzene rings is 2. The average Bonchev–Trinajstić information content (AvgIpc) is 3.35. The molecular formula is C19H17ClFN5O. The van der Waals surface area contributed by atoms with E-state index < -0.39 is 5.82 Å². The molecule has 1 unspecified atom stereocenters. The van der Waals surface area contributed by atoms with Crippen molar-refractivity contribution < 1.29 is 9.18 Å². The molecule has 0 radical (unpaired) electrons. The van der Waals surface area contributed by atoms with Crippen LogP contribution in [0, 0.1) is 5.82 Å². The smallest absolute Gasteiger partial charge is 0.314 e. The van der Waals surface area contributed by atoms with E-state index in [0.29, 0.717) is 12.4 Å². The molecule has 4 rings (SSSR count). The predicted molar refractivity (Wildman–Crippen MR) is 100 cm³/mol. The summed E-state index contributed by atoms with van der Waals surface area (Å²) in [6.07, 6.45) is 3.23. The quantitative estimate of drug-likeness (QED) is 0.725. The molecule has 6 nitrogen and oxygen atoms in total. The van der Waals surface area contributed by atoms with Crippen LogP contribution in [-0.2, 0) is 0 Å². The Morgan fingerprint density at radius 1 is 1.19 bits per heavy atom. The van der Waals surface area contributed by atoms with E-state index in [1.807, 2.05) is 34.9 Å². The lowest BCUT2D eigenvalue weighted by atomic mass is 10.2. The molecule has 1 aliphatic heterocycles. The highest BCUT2D eigenvalue weighted by Crippen LogP contribution is 2.33. The highest BCUT2D eigenvalue weighted by atomic mass is 35.5. The van der Waals surface area contributed by atoms with Gasteiger partial charge in [-0.15, -0.1) is 10.2 Å². The zero-order valence-corrected chi connectivity index (χ0v) is 15.1. The summed E-state index contributed by atoms with van der Waals surface area (Å²) in [5, 5.41) is 10.8. The van der Waals surface area contributed by atoms with Crippen molar-refractivity contribution in [3.8, 4) is 5.69 Å². The SMILES string of the molecule is O=C(Nc1cccc(Cl)c1F)N1CCCC1c1nncn1-c1ccccc1. The van der Waals surface area contributed by atoms with Crippen LogP contribution in [0.1, 0.15) is 24.7 Å². The predicted octanol–water partition coefficient (Wildman–Crippen LogP) is 4.43. The Morgan fingerprint density at radius 3 is 2.81 bits per heavy atom. The van der Waals surface area contributed by atoms with Gasteiger partial charge in [-0.3, -0.25) is 4.57 Å². The Bertz CT molecular complexity index is 962. The number of halogens is 2. The van der Waals surface area contributed by atoms with Crippen molar-refractivity contribution in [3.05, 3.63) is 71.5 Å². The fourth-order valence-corrected chi connectivity index (χ4v) is 3.50. The number of para-hydroxylation sites is 1. The standard InChI is InChI=1S/C19H17ClFN5O/c20-14-8-4-9-15(17(14)21)23-19(27)25-11-5-10-16(25)18-24-22-12-26(18)13-6-2-1-3-7-13/h1-4,6-9,12,16H,5,10-11H2,(H,23,27). The number of hydrogen-bond acceptors (Lipinski definition) is 3. The molecule has 0 bridgehead atoms. The first kappa shape index (κ1) is 17.5. The van der Waals surface area contributed by atoms with Gasteiger partial charge in [-0.1, -0.05) is 35.9 Å². The highest BCUT2D eigenvalue weighted by Gasteiger charge is 2.34. The minimum Gasteiger partial charge on any atom is -0.314 e. The van der Waals surface area contributed by atoms with Crippen molar-refractivity contribution in [2.45, 2.75) is 18.9 Å². The summed E-state index contributed by atoms with van der Waals surface area (Å²) in [4.78, 5) is 14.4. The molecule has 1 aromatic heterocycles. The molecule has 2 aromatic carbocycles. The van der Waals surface area contributed by atoms with E-state index in [2.05, 4.69) is 15.5 Å². The van der Waals surface area contributed by atoms with Crippen LogP contribution >= 0.6 is 11.6 Å². The van der Waals surface area contributed by atoms with Gasteiger partial charge < -0.3 is 10.2 Å². The average molecular weight is 386 g/mol. The van der Waals surface area contributed by atoms with E-state index in [1.165, 1.54) is 12.1 Å². The maximum atomic E-state index is 14.1. The van der Waals surface area contributed by atoms with Gasteiger partial charge in [0.25, 0.3) is 0 Å². The number of carbonyl (C=O) groups excluding carboxylic acids is 1. The fourth-order valence-electron chi connectivity index (χ4n) is 3.32. The number of likely N-dealkylation sites (tertiary alicyclic amines) is 1. The van der Waals surface area contributed by atoms with Gasteiger partial charge in [0.05, 0.1) is 16.8 Å². The van der Waals surface area contributed by atoms with Crippen molar-refractivity contribution in [3.63, 3.8) is 0 Å². The number of amides is 2. The molecule has 138 valence electrons. The van der Waals surface area contributed by atoms with Gasteiger partial charge in [-0.2, -0.15) is 0 Å². The number of nitrogens with one attached hydrogen (secondary N) is 1. The second kappa shape index (κ2) is 7.36.